The van der Waals surface area contributed by atoms with Gasteiger partial charge in [-0.25, -0.2) is 9.50 Å². The lowest BCUT2D eigenvalue weighted by atomic mass is 10.0. The van der Waals surface area contributed by atoms with E-state index in [9.17, 15) is 4.79 Å². The number of rotatable bonds is 5. The van der Waals surface area contributed by atoms with E-state index in [1.807, 2.05) is 0 Å². The molecule has 7 heteroatoms. The minimum Gasteiger partial charge on any atom is -0.365 e. The average Bonchev–Trinajstić information content (AvgIpc) is 2.92. The molecular formula is C17H26N6O. The largest absolute Gasteiger partial charge is 0.365 e. The Kier molecular flexibility index (Phi) is 4.71. The van der Waals surface area contributed by atoms with Crippen LogP contribution in [0.1, 0.15) is 43.5 Å². The summed E-state index contributed by atoms with van der Waals surface area (Å²) in [6, 6.07) is 2.46. The summed E-state index contributed by atoms with van der Waals surface area (Å²) in [5, 5.41) is 4.61. The Morgan fingerprint density at radius 1 is 1.46 bits per heavy atom. The van der Waals surface area contributed by atoms with Crippen molar-refractivity contribution < 1.29 is 4.79 Å². The SMILES string of the molecule is CC(C)N(CC1CCCCN1C)c1nn2cccnc2c1C(N)=O. The number of fused-ring (bicyclic) bond motifs is 1. The van der Waals surface area contributed by atoms with Gasteiger partial charge in [-0.2, -0.15) is 0 Å². The lowest BCUT2D eigenvalue weighted by Gasteiger charge is -2.38. The maximum atomic E-state index is 12.1. The number of piperidine rings is 1. The molecule has 0 bridgehead atoms. The molecule has 0 aromatic carbocycles. The van der Waals surface area contributed by atoms with Gasteiger partial charge >= 0.3 is 0 Å². The second-order valence-electron chi connectivity index (χ2n) is 6.83. The highest BCUT2D eigenvalue weighted by Crippen LogP contribution is 2.26. The molecule has 1 amide bonds. The van der Waals surface area contributed by atoms with Gasteiger partial charge in [0.15, 0.2) is 11.5 Å². The molecule has 0 saturated carbocycles. The first-order valence-corrected chi connectivity index (χ1v) is 8.59. The minimum atomic E-state index is -0.485. The van der Waals surface area contributed by atoms with E-state index in [2.05, 4.69) is 40.8 Å². The van der Waals surface area contributed by atoms with Crippen LogP contribution in [0.2, 0.25) is 0 Å². The van der Waals surface area contributed by atoms with Crippen molar-refractivity contribution in [1.29, 1.82) is 0 Å². The Morgan fingerprint density at radius 3 is 2.92 bits per heavy atom. The Hall–Kier alpha value is -2.15. The fourth-order valence-corrected chi connectivity index (χ4v) is 3.44. The van der Waals surface area contributed by atoms with E-state index in [-0.39, 0.29) is 6.04 Å². The van der Waals surface area contributed by atoms with Crippen molar-refractivity contribution in [3.05, 3.63) is 24.0 Å². The molecule has 1 unspecified atom stereocenters. The summed E-state index contributed by atoms with van der Waals surface area (Å²) in [5.74, 6) is 0.150. The molecule has 0 radical (unpaired) electrons. The summed E-state index contributed by atoms with van der Waals surface area (Å²) < 4.78 is 1.63. The number of aromatic nitrogens is 3. The minimum absolute atomic E-state index is 0.211. The van der Waals surface area contributed by atoms with Crippen LogP contribution in [0.25, 0.3) is 5.65 Å². The van der Waals surface area contributed by atoms with Crippen LogP contribution in [-0.2, 0) is 0 Å². The maximum absolute atomic E-state index is 12.1. The zero-order chi connectivity index (χ0) is 17.3. The highest BCUT2D eigenvalue weighted by atomic mass is 16.1. The number of primary amides is 1. The Labute approximate surface area is 142 Å². The van der Waals surface area contributed by atoms with Crippen LogP contribution in [0, 0.1) is 0 Å². The summed E-state index contributed by atoms with van der Waals surface area (Å²) in [5.41, 5.74) is 6.58. The average molecular weight is 330 g/mol. The molecule has 2 aromatic rings. The summed E-state index contributed by atoms with van der Waals surface area (Å²) in [7, 11) is 2.17. The molecule has 3 heterocycles. The number of likely N-dealkylation sites (N-methyl/N-ethyl adjacent to an activating group) is 1. The Bertz CT molecular complexity index is 725. The molecule has 24 heavy (non-hydrogen) atoms. The third-order valence-corrected chi connectivity index (χ3v) is 4.85. The zero-order valence-corrected chi connectivity index (χ0v) is 14.6. The molecule has 2 N–H and O–H groups in total. The van der Waals surface area contributed by atoms with Gasteiger partial charge in [0.05, 0.1) is 0 Å². The van der Waals surface area contributed by atoms with Gasteiger partial charge < -0.3 is 15.5 Å². The van der Waals surface area contributed by atoms with E-state index in [1.165, 1.54) is 12.8 Å². The molecule has 1 fully saturated rings. The van der Waals surface area contributed by atoms with Gasteiger partial charge in [-0.3, -0.25) is 4.79 Å². The number of likely N-dealkylation sites (tertiary alicyclic amines) is 1. The van der Waals surface area contributed by atoms with Gasteiger partial charge in [-0.15, -0.1) is 5.10 Å². The fourth-order valence-electron chi connectivity index (χ4n) is 3.44. The standard InChI is InChI=1S/C17H26N6O/c1-12(2)22(11-13-7-4-5-9-21(13)3)17-14(15(18)24)16-19-8-6-10-23(16)20-17/h6,8,10,12-13H,4-5,7,9,11H2,1-3H3,(H2,18,24). The Morgan fingerprint density at radius 2 is 2.25 bits per heavy atom. The molecular weight excluding hydrogens is 304 g/mol. The number of hydrogen-bond donors (Lipinski definition) is 1. The summed E-state index contributed by atoms with van der Waals surface area (Å²) >= 11 is 0. The smallest absolute Gasteiger partial charge is 0.256 e. The fraction of sp³-hybridized carbons (Fsp3) is 0.588. The summed E-state index contributed by atoms with van der Waals surface area (Å²) in [6.07, 6.45) is 7.11. The molecule has 7 nitrogen and oxygen atoms in total. The first kappa shape index (κ1) is 16.7. The van der Waals surface area contributed by atoms with E-state index in [0.29, 0.717) is 23.1 Å². The van der Waals surface area contributed by atoms with Crippen LogP contribution in [-0.4, -0.2) is 57.6 Å². The number of nitrogens with zero attached hydrogens (tertiary/aromatic N) is 5. The number of carbonyl (C=O) groups is 1. The summed E-state index contributed by atoms with van der Waals surface area (Å²) in [4.78, 5) is 20.9. The van der Waals surface area contributed by atoms with Crippen LogP contribution in [0.15, 0.2) is 18.5 Å². The van der Waals surface area contributed by atoms with Crippen molar-refractivity contribution >= 4 is 17.4 Å². The van der Waals surface area contributed by atoms with Gasteiger partial charge in [-0.1, -0.05) is 6.42 Å². The van der Waals surface area contributed by atoms with Crippen LogP contribution in [0.4, 0.5) is 5.82 Å². The van der Waals surface area contributed by atoms with Crippen molar-refractivity contribution in [3.63, 3.8) is 0 Å². The van der Waals surface area contributed by atoms with Gasteiger partial charge in [0.1, 0.15) is 5.56 Å². The van der Waals surface area contributed by atoms with Crippen molar-refractivity contribution in [2.45, 2.75) is 45.2 Å². The monoisotopic (exact) mass is 330 g/mol. The van der Waals surface area contributed by atoms with E-state index in [1.54, 1.807) is 23.0 Å². The molecule has 2 aromatic heterocycles. The highest BCUT2D eigenvalue weighted by molar-refractivity contribution is 6.03. The lowest BCUT2D eigenvalue weighted by Crippen LogP contribution is -2.47. The second-order valence-corrected chi connectivity index (χ2v) is 6.83. The molecule has 1 aliphatic rings. The van der Waals surface area contributed by atoms with Crippen LogP contribution >= 0.6 is 0 Å². The summed E-state index contributed by atoms with van der Waals surface area (Å²) in [6.45, 7) is 6.18. The maximum Gasteiger partial charge on any atom is 0.256 e. The van der Waals surface area contributed by atoms with Crippen molar-refractivity contribution in [3.8, 4) is 0 Å². The van der Waals surface area contributed by atoms with Gasteiger partial charge in [0, 0.05) is 31.0 Å². The number of hydrogen-bond acceptors (Lipinski definition) is 5. The quantitative estimate of drug-likeness (QED) is 0.899. The zero-order valence-electron chi connectivity index (χ0n) is 14.6. The van der Waals surface area contributed by atoms with Gasteiger partial charge in [0.25, 0.3) is 5.91 Å². The number of amides is 1. The van der Waals surface area contributed by atoms with E-state index in [0.717, 1.165) is 19.5 Å². The van der Waals surface area contributed by atoms with Crippen molar-refractivity contribution in [2.24, 2.45) is 5.73 Å². The number of carbonyl (C=O) groups excluding carboxylic acids is 1. The second kappa shape index (κ2) is 6.76. The van der Waals surface area contributed by atoms with Crippen LogP contribution in [0.3, 0.4) is 0 Å². The van der Waals surface area contributed by atoms with Crippen LogP contribution < -0.4 is 10.6 Å². The first-order chi connectivity index (χ1) is 11.5. The lowest BCUT2D eigenvalue weighted by molar-refractivity contribution is 0.100. The Balaban J connectivity index is 2.00. The molecule has 1 aliphatic heterocycles. The van der Waals surface area contributed by atoms with E-state index < -0.39 is 5.91 Å². The van der Waals surface area contributed by atoms with E-state index >= 15 is 0 Å². The normalized spacial score (nSPS) is 19.1. The van der Waals surface area contributed by atoms with Crippen LogP contribution in [0.5, 0.6) is 0 Å². The van der Waals surface area contributed by atoms with Crippen molar-refractivity contribution in [2.75, 3.05) is 25.0 Å². The van der Waals surface area contributed by atoms with Crippen molar-refractivity contribution in [1.82, 2.24) is 19.5 Å². The van der Waals surface area contributed by atoms with Gasteiger partial charge in [0.2, 0.25) is 0 Å². The predicted octanol–water partition coefficient (Wildman–Crippen LogP) is 1.53. The number of nitrogens with two attached hydrogens (primary N) is 1. The molecule has 1 atom stereocenters. The highest BCUT2D eigenvalue weighted by Gasteiger charge is 2.29. The molecule has 0 aliphatic carbocycles. The molecule has 0 spiro atoms. The molecule has 130 valence electrons. The van der Waals surface area contributed by atoms with E-state index in [4.69, 9.17) is 5.73 Å². The predicted molar refractivity (Wildman–Crippen MR) is 94.3 cm³/mol. The molecule has 1 saturated heterocycles. The third kappa shape index (κ3) is 3.08. The first-order valence-electron chi connectivity index (χ1n) is 8.59. The van der Waals surface area contributed by atoms with Gasteiger partial charge in [-0.05, 0) is 46.3 Å². The topological polar surface area (TPSA) is 79.8 Å². The number of anilines is 1. The third-order valence-electron chi connectivity index (χ3n) is 4.85. The molecule has 3 rings (SSSR count).